The number of hydrogen-bond acceptors (Lipinski definition) is 4. The molecule has 2 heterocycles. The fourth-order valence-corrected chi connectivity index (χ4v) is 4.24. The monoisotopic (exact) mass is 276 g/mol. The van der Waals surface area contributed by atoms with E-state index in [0.717, 1.165) is 22.2 Å². The van der Waals surface area contributed by atoms with E-state index in [2.05, 4.69) is 10.3 Å². The van der Waals surface area contributed by atoms with Gasteiger partial charge in [-0.15, -0.1) is 0 Å². The topological polar surface area (TPSA) is 59.1 Å². The van der Waals surface area contributed by atoms with Gasteiger partial charge in [-0.3, -0.25) is 4.98 Å². The van der Waals surface area contributed by atoms with E-state index in [1.54, 1.807) is 6.20 Å². The third kappa shape index (κ3) is 2.42. The number of aryl methyl sites for hydroxylation is 1. The summed E-state index contributed by atoms with van der Waals surface area (Å²) in [4.78, 5) is 4.39. The van der Waals surface area contributed by atoms with E-state index in [1.165, 1.54) is 0 Å². The fraction of sp³-hybridized carbons (Fsp3) is 0.357. The second-order valence-electron chi connectivity index (χ2n) is 5.07. The highest BCUT2D eigenvalue weighted by Gasteiger charge is 2.27. The maximum atomic E-state index is 11.5. The average molecular weight is 276 g/mol. The highest BCUT2D eigenvalue weighted by Crippen LogP contribution is 2.26. The van der Waals surface area contributed by atoms with Crippen molar-refractivity contribution in [2.75, 3.05) is 16.8 Å². The average Bonchev–Trinajstić information content (AvgIpc) is 2.73. The Labute approximate surface area is 112 Å². The first-order valence-corrected chi connectivity index (χ1v) is 8.19. The molecule has 5 heteroatoms. The lowest BCUT2D eigenvalue weighted by Gasteiger charge is -2.15. The predicted octanol–water partition coefficient (Wildman–Crippen LogP) is 2.14. The summed E-state index contributed by atoms with van der Waals surface area (Å²) in [5, 5.41) is 4.40. The largest absolute Gasteiger partial charge is 0.381 e. The number of anilines is 1. The van der Waals surface area contributed by atoms with Crippen molar-refractivity contribution in [3.05, 3.63) is 36.0 Å². The molecule has 4 nitrogen and oxygen atoms in total. The van der Waals surface area contributed by atoms with E-state index in [0.29, 0.717) is 6.42 Å². The van der Waals surface area contributed by atoms with Gasteiger partial charge >= 0.3 is 0 Å². The van der Waals surface area contributed by atoms with Crippen LogP contribution in [0.5, 0.6) is 0 Å². The predicted molar refractivity (Wildman–Crippen MR) is 77.2 cm³/mol. The van der Waals surface area contributed by atoms with Crippen molar-refractivity contribution in [3.63, 3.8) is 0 Å². The molecule has 3 rings (SSSR count). The van der Waals surface area contributed by atoms with Gasteiger partial charge in [0.1, 0.15) is 0 Å². The summed E-state index contributed by atoms with van der Waals surface area (Å²) in [5.41, 5.74) is 3.06. The van der Waals surface area contributed by atoms with Crippen molar-refractivity contribution in [1.29, 1.82) is 0 Å². The summed E-state index contributed by atoms with van der Waals surface area (Å²) in [6.45, 7) is 2.03. The number of nitrogens with zero attached hydrogens (tertiary/aromatic N) is 1. The molecule has 19 heavy (non-hydrogen) atoms. The van der Waals surface area contributed by atoms with Crippen molar-refractivity contribution in [2.24, 2.45) is 0 Å². The van der Waals surface area contributed by atoms with Crippen LogP contribution in [0.3, 0.4) is 0 Å². The van der Waals surface area contributed by atoms with Crippen LogP contribution in [0.1, 0.15) is 12.0 Å². The Balaban J connectivity index is 1.96. The van der Waals surface area contributed by atoms with E-state index in [1.807, 2.05) is 31.2 Å². The smallest absolute Gasteiger partial charge is 0.152 e. The lowest BCUT2D eigenvalue weighted by molar-refractivity contribution is 0.602. The van der Waals surface area contributed by atoms with Crippen molar-refractivity contribution in [1.82, 2.24) is 4.98 Å². The first-order valence-electron chi connectivity index (χ1n) is 6.36. The standard InChI is InChI=1S/C14H16N2O2S/c1-10-4-5-13(12-3-2-7-15-14(10)12)16-11-6-8-19(17,18)9-11/h2-5,7,11,16H,6,8-9H2,1H3. The van der Waals surface area contributed by atoms with Crippen LogP contribution in [0.25, 0.3) is 10.9 Å². The lowest BCUT2D eigenvalue weighted by atomic mass is 10.1. The molecule has 1 fully saturated rings. The van der Waals surface area contributed by atoms with Crippen molar-refractivity contribution < 1.29 is 8.42 Å². The summed E-state index contributed by atoms with van der Waals surface area (Å²) >= 11 is 0. The summed E-state index contributed by atoms with van der Waals surface area (Å²) in [7, 11) is -2.86. The molecule has 0 bridgehead atoms. The molecule has 0 spiro atoms. The third-order valence-corrected chi connectivity index (χ3v) is 5.33. The van der Waals surface area contributed by atoms with Crippen LogP contribution in [0.15, 0.2) is 30.5 Å². The number of sulfone groups is 1. The molecule has 2 aromatic rings. The van der Waals surface area contributed by atoms with E-state index >= 15 is 0 Å². The Morgan fingerprint density at radius 1 is 1.32 bits per heavy atom. The van der Waals surface area contributed by atoms with Crippen molar-refractivity contribution >= 4 is 26.4 Å². The number of nitrogens with one attached hydrogen (secondary N) is 1. The third-order valence-electron chi connectivity index (χ3n) is 3.56. The summed E-state index contributed by atoms with van der Waals surface area (Å²) in [6.07, 6.45) is 2.46. The fourth-order valence-electron chi connectivity index (χ4n) is 2.57. The van der Waals surface area contributed by atoms with Gasteiger partial charge in [-0.05, 0) is 37.1 Å². The van der Waals surface area contributed by atoms with Crippen LogP contribution in [-0.4, -0.2) is 30.9 Å². The maximum Gasteiger partial charge on any atom is 0.152 e. The molecule has 1 unspecified atom stereocenters. The van der Waals surface area contributed by atoms with Gasteiger partial charge in [-0.25, -0.2) is 8.42 Å². The second kappa shape index (κ2) is 4.49. The van der Waals surface area contributed by atoms with Crippen LogP contribution < -0.4 is 5.32 Å². The van der Waals surface area contributed by atoms with Gasteiger partial charge in [0, 0.05) is 23.3 Å². The Morgan fingerprint density at radius 3 is 2.89 bits per heavy atom. The number of pyridine rings is 1. The molecular weight excluding hydrogens is 260 g/mol. The van der Waals surface area contributed by atoms with Gasteiger partial charge in [-0.1, -0.05) is 6.07 Å². The minimum Gasteiger partial charge on any atom is -0.381 e. The zero-order valence-electron chi connectivity index (χ0n) is 10.8. The van der Waals surface area contributed by atoms with E-state index in [-0.39, 0.29) is 17.5 Å². The number of hydrogen-bond donors (Lipinski definition) is 1. The van der Waals surface area contributed by atoms with Crippen LogP contribution in [0.4, 0.5) is 5.69 Å². The van der Waals surface area contributed by atoms with Crippen molar-refractivity contribution in [2.45, 2.75) is 19.4 Å². The normalized spacial score (nSPS) is 21.6. The maximum absolute atomic E-state index is 11.5. The zero-order valence-corrected chi connectivity index (χ0v) is 11.6. The molecule has 0 aliphatic carbocycles. The highest BCUT2D eigenvalue weighted by atomic mass is 32.2. The molecule has 1 aromatic heterocycles. The Morgan fingerprint density at radius 2 is 2.16 bits per heavy atom. The van der Waals surface area contributed by atoms with Gasteiger partial charge in [0.05, 0.1) is 17.0 Å². The highest BCUT2D eigenvalue weighted by molar-refractivity contribution is 7.91. The van der Waals surface area contributed by atoms with Crippen LogP contribution in [-0.2, 0) is 9.84 Å². The molecule has 100 valence electrons. The summed E-state index contributed by atoms with van der Waals surface area (Å²) in [6, 6.07) is 7.95. The van der Waals surface area contributed by atoms with E-state index in [4.69, 9.17) is 0 Å². The molecule has 1 aliphatic rings. The molecule has 1 atom stereocenters. The molecule has 1 aromatic carbocycles. The summed E-state index contributed by atoms with van der Waals surface area (Å²) < 4.78 is 23.0. The molecule has 1 saturated heterocycles. The van der Waals surface area contributed by atoms with Gasteiger partial charge in [0.2, 0.25) is 0 Å². The first kappa shape index (κ1) is 12.4. The molecule has 1 aliphatic heterocycles. The quantitative estimate of drug-likeness (QED) is 0.913. The molecule has 0 saturated carbocycles. The number of benzene rings is 1. The number of fused-ring (bicyclic) bond motifs is 1. The van der Waals surface area contributed by atoms with Gasteiger partial charge in [0.25, 0.3) is 0 Å². The molecular formula is C14H16N2O2S. The van der Waals surface area contributed by atoms with Gasteiger partial charge in [-0.2, -0.15) is 0 Å². The van der Waals surface area contributed by atoms with Crippen LogP contribution in [0.2, 0.25) is 0 Å². The SMILES string of the molecule is Cc1ccc(NC2CCS(=O)(=O)C2)c2cccnc12. The second-order valence-corrected chi connectivity index (χ2v) is 7.30. The Bertz CT molecular complexity index is 725. The lowest BCUT2D eigenvalue weighted by Crippen LogP contribution is -2.20. The minimum atomic E-state index is -2.86. The number of rotatable bonds is 2. The van der Waals surface area contributed by atoms with E-state index < -0.39 is 9.84 Å². The Hall–Kier alpha value is -1.62. The van der Waals surface area contributed by atoms with E-state index in [9.17, 15) is 8.42 Å². The summed E-state index contributed by atoms with van der Waals surface area (Å²) in [5.74, 6) is 0.509. The van der Waals surface area contributed by atoms with Crippen LogP contribution >= 0.6 is 0 Å². The number of aromatic nitrogens is 1. The molecule has 0 amide bonds. The molecule has 1 N–H and O–H groups in total. The van der Waals surface area contributed by atoms with Gasteiger partial charge < -0.3 is 5.32 Å². The van der Waals surface area contributed by atoms with Crippen molar-refractivity contribution in [3.8, 4) is 0 Å². The van der Waals surface area contributed by atoms with Crippen LogP contribution in [0, 0.1) is 6.92 Å². The van der Waals surface area contributed by atoms with Gasteiger partial charge in [0.15, 0.2) is 9.84 Å². The zero-order chi connectivity index (χ0) is 13.5. The minimum absolute atomic E-state index is 0.0103. The first-order chi connectivity index (χ1) is 9.05. The Kier molecular flexibility index (Phi) is 2.93. The molecule has 0 radical (unpaired) electrons.